The number of hydrazine groups is 1. The summed E-state index contributed by atoms with van der Waals surface area (Å²) in [7, 11) is 0. The number of hydrogen-bond donors (Lipinski definition) is 2. The smallest absolute Gasteiger partial charge is 0.273 e. The predicted octanol–water partition coefficient (Wildman–Crippen LogP) is 2.79. The van der Waals surface area contributed by atoms with E-state index in [2.05, 4.69) is 20.9 Å². The summed E-state index contributed by atoms with van der Waals surface area (Å²) in [6, 6.07) is 5.70. The second-order valence-electron chi connectivity index (χ2n) is 4.69. The Hall–Kier alpha value is -2.74. The van der Waals surface area contributed by atoms with E-state index < -0.39 is 0 Å². The van der Waals surface area contributed by atoms with Crippen molar-refractivity contribution in [3.05, 3.63) is 59.1 Å². The normalized spacial score (nSPS) is 10.5. The summed E-state index contributed by atoms with van der Waals surface area (Å²) >= 11 is 1.44. The van der Waals surface area contributed by atoms with Gasteiger partial charge in [0.25, 0.3) is 5.91 Å². The highest BCUT2D eigenvalue weighted by Crippen LogP contribution is 2.15. The zero-order valence-electron chi connectivity index (χ0n) is 12.3. The molecule has 0 spiro atoms. The third-order valence-corrected chi connectivity index (χ3v) is 3.91. The molecule has 2 aromatic heterocycles. The van der Waals surface area contributed by atoms with E-state index in [0.717, 1.165) is 0 Å². The summed E-state index contributed by atoms with van der Waals surface area (Å²) in [5.74, 6) is -0.645. The maximum absolute atomic E-state index is 12.9. The van der Waals surface area contributed by atoms with Crippen LogP contribution in [0.25, 0.3) is 5.13 Å². The van der Waals surface area contributed by atoms with E-state index in [0.29, 0.717) is 28.5 Å². The van der Waals surface area contributed by atoms with Crippen molar-refractivity contribution in [1.29, 1.82) is 0 Å². The molecule has 0 atom stereocenters. The van der Waals surface area contributed by atoms with Crippen LogP contribution in [0.5, 0.6) is 0 Å². The molecular formula is C15H14FN5OS. The van der Waals surface area contributed by atoms with Crippen molar-refractivity contribution in [3.63, 3.8) is 0 Å². The SMILES string of the molecule is CCc1nn(-c2nccs2)cc1C(=O)NNc1ccc(F)cc1. The number of benzene rings is 1. The minimum atomic E-state index is -0.333. The molecule has 23 heavy (non-hydrogen) atoms. The van der Waals surface area contributed by atoms with E-state index in [9.17, 15) is 9.18 Å². The zero-order valence-corrected chi connectivity index (χ0v) is 13.1. The van der Waals surface area contributed by atoms with Crippen LogP contribution in [0.4, 0.5) is 10.1 Å². The van der Waals surface area contributed by atoms with Crippen molar-refractivity contribution < 1.29 is 9.18 Å². The zero-order chi connectivity index (χ0) is 16.2. The number of aromatic nitrogens is 3. The standard InChI is InChI=1S/C15H14FN5OS/c1-2-13-12(9-21(20-13)15-17-7-8-23-15)14(22)19-18-11-5-3-10(16)4-6-11/h3-9,18H,2H2,1H3,(H,19,22). The monoisotopic (exact) mass is 331 g/mol. The lowest BCUT2D eigenvalue weighted by atomic mass is 10.2. The summed E-state index contributed by atoms with van der Waals surface area (Å²) in [6.45, 7) is 1.93. The van der Waals surface area contributed by atoms with Crippen LogP contribution in [0.2, 0.25) is 0 Å². The van der Waals surface area contributed by atoms with Crippen molar-refractivity contribution in [3.8, 4) is 5.13 Å². The molecule has 6 nitrogen and oxygen atoms in total. The van der Waals surface area contributed by atoms with E-state index in [-0.39, 0.29) is 11.7 Å². The van der Waals surface area contributed by atoms with Gasteiger partial charge in [0.15, 0.2) is 0 Å². The lowest BCUT2D eigenvalue weighted by Gasteiger charge is -2.07. The van der Waals surface area contributed by atoms with Crippen LogP contribution in [0.3, 0.4) is 0 Å². The highest BCUT2D eigenvalue weighted by Gasteiger charge is 2.16. The van der Waals surface area contributed by atoms with Crippen LogP contribution in [-0.4, -0.2) is 20.7 Å². The Morgan fingerprint density at radius 3 is 2.78 bits per heavy atom. The second kappa shape index (κ2) is 6.57. The molecule has 8 heteroatoms. The first-order valence-corrected chi connectivity index (χ1v) is 7.85. The quantitative estimate of drug-likeness (QED) is 0.705. The van der Waals surface area contributed by atoms with Crippen LogP contribution < -0.4 is 10.9 Å². The van der Waals surface area contributed by atoms with Crippen molar-refractivity contribution >= 4 is 22.9 Å². The van der Waals surface area contributed by atoms with E-state index in [4.69, 9.17) is 0 Å². The van der Waals surface area contributed by atoms with Crippen molar-refractivity contribution in [2.24, 2.45) is 0 Å². The number of thiazole rings is 1. The van der Waals surface area contributed by atoms with Gasteiger partial charge in [-0.1, -0.05) is 6.92 Å². The molecule has 0 aliphatic carbocycles. The fourth-order valence-electron chi connectivity index (χ4n) is 2.02. The first kappa shape index (κ1) is 15.2. The molecule has 2 N–H and O–H groups in total. The van der Waals surface area contributed by atoms with Gasteiger partial charge in [0.05, 0.1) is 16.9 Å². The first-order valence-electron chi connectivity index (χ1n) is 6.97. The third-order valence-electron chi connectivity index (χ3n) is 3.15. The Labute approximate surface area is 136 Å². The summed E-state index contributed by atoms with van der Waals surface area (Å²) < 4.78 is 14.4. The molecule has 0 unspecified atom stereocenters. The number of nitrogens with zero attached hydrogens (tertiary/aromatic N) is 3. The molecule has 0 radical (unpaired) electrons. The lowest BCUT2D eigenvalue weighted by molar-refractivity contribution is 0.0962. The summed E-state index contributed by atoms with van der Waals surface area (Å²) in [6.07, 6.45) is 3.96. The number of anilines is 1. The van der Waals surface area contributed by atoms with Gasteiger partial charge in [0.2, 0.25) is 5.13 Å². The summed E-state index contributed by atoms with van der Waals surface area (Å²) in [5, 5.41) is 6.93. The third kappa shape index (κ3) is 3.37. The average molecular weight is 331 g/mol. The molecule has 3 aromatic rings. The first-order chi connectivity index (χ1) is 11.2. The molecule has 0 aliphatic heterocycles. The minimum absolute atomic E-state index is 0.311. The molecule has 1 amide bonds. The van der Waals surface area contributed by atoms with Gasteiger partial charge in [0.1, 0.15) is 5.82 Å². The fourth-order valence-corrected chi connectivity index (χ4v) is 2.58. The van der Waals surface area contributed by atoms with Crippen LogP contribution in [-0.2, 0) is 6.42 Å². The number of carbonyl (C=O) groups is 1. The maximum atomic E-state index is 12.9. The number of carbonyl (C=O) groups excluding carboxylic acids is 1. The van der Waals surface area contributed by atoms with Gasteiger partial charge in [-0.3, -0.25) is 15.6 Å². The maximum Gasteiger partial charge on any atom is 0.273 e. The number of halogens is 1. The van der Waals surface area contributed by atoms with Crippen LogP contribution in [0, 0.1) is 5.82 Å². The molecule has 2 heterocycles. The van der Waals surface area contributed by atoms with Gasteiger partial charge in [-0.2, -0.15) is 5.10 Å². The predicted molar refractivity (Wildman–Crippen MR) is 86.1 cm³/mol. The topological polar surface area (TPSA) is 71.8 Å². The fraction of sp³-hybridized carbons (Fsp3) is 0.133. The molecule has 3 rings (SSSR count). The Bertz CT molecular complexity index is 798. The van der Waals surface area contributed by atoms with Crippen molar-refractivity contribution in [1.82, 2.24) is 20.2 Å². The van der Waals surface area contributed by atoms with Crippen LogP contribution >= 0.6 is 11.3 Å². The number of aryl methyl sites for hydroxylation is 1. The lowest BCUT2D eigenvalue weighted by Crippen LogP contribution is -2.29. The molecule has 0 fully saturated rings. The minimum Gasteiger partial charge on any atom is -0.298 e. The number of rotatable bonds is 5. The van der Waals surface area contributed by atoms with Gasteiger partial charge in [-0.05, 0) is 30.7 Å². The van der Waals surface area contributed by atoms with Crippen LogP contribution in [0.1, 0.15) is 23.0 Å². The number of amides is 1. The van der Waals surface area contributed by atoms with E-state index in [1.54, 1.807) is 17.1 Å². The molecule has 118 valence electrons. The average Bonchev–Trinajstić information content (AvgIpc) is 3.23. The molecule has 0 aliphatic rings. The Balaban J connectivity index is 1.75. The van der Waals surface area contributed by atoms with Crippen LogP contribution in [0.15, 0.2) is 42.0 Å². The molecule has 0 saturated heterocycles. The van der Waals surface area contributed by atoms with E-state index in [1.165, 1.54) is 35.6 Å². The van der Waals surface area contributed by atoms with Gasteiger partial charge >= 0.3 is 0 Å². The summed E-state index contributed by atoms with van der Waals surface area (Å²) in [5.41, 5.74) is 7.07. The molecule has 1 aromatic carbocycles. The Morgan fingerprint density at radius 2 is 2.13 bits per heavy atom. The molecule has 0 bridgehead atoms. The molecular weight excluding hydrogens is 317 g/mol. The van der Waals surface area contributed by atoms with Gasteiger partial charge in [-0.25, -0.2) is 14.1 Å². The number of nitrogens with one attached hydrogen (secondary N) is 2. The van der Waals surface area contributed by atoms with Gasteiger partial charge in [-0.15, -0.1) is 11.3 Å². The highest BCUT2D eigenvalue weighted by atomic mass is 32.1. The Kier molecular flexibility index (Phi) is 4.33. The van der Waals surface area contributed by atoms with Crippen molar-refractivity contribution in [2.75, 3.05) is 5.43 Å². The van der Waals surface area contributed by atoms with E-state index in [1.807, 2.05) is 12.3 Å². The summed E-state index contributed by atoms with van der Waals surface area (Å²) in [4.78, 5) is 16.5. The Morgan fingerprint density at radius 1 is 1.35 bits per heavy atom. The highest BCUT2D eigenvalue weighted by molar-refractivity contribution is 7.12. The van der Waals surface area contributed by atoms with Crippen molar-refractivity contribution in [2.45, 2.75) is 13.3 Å². The largest absolute Gasteiger partial charge is 0.298 e. The molecule has 0 saturated carbocycles. The van der Waals surface area contributed by atoms with Gasteiger partial charge in [0, 0.05) is 17.8 Å². The van der Waals surface area contributed by atoms with E-state index >= 15 is 0 Å². The van der Waals surface area contributed by atoms with Gasteiger partial charge < -0.3 is 0 Å². The second-order valence-corrected chi connectivity index (χ2v) is 5.56. The number of hydrogen-bond acceptors (Lipinski definition) is 5.